The van der Waals surface area contributed by atoms with Crippen molar-refractivity contribution < 1.29 is 5.11 Å². The van der Waals surface area contributed by atoms with Crippen LogP contribution in [0.15, 0.2) is 42.5 Å². The van der Waals surface area contributed by atoms with Crippen LogP contribution < -0.4 is 10.6 Å². The molecule has 3 rings (SSSR count). The molecular formula is C16H18N4O. The van der Waals surface area contributed by atoms with E-state index in [2.05, 4.69) is 11.1 Å². The van der Waals surface area contributed by atoms with E-state index in [4.69, 9.17) is 5.73 Å². The number of hydrogen-bond acceptors (Lipinski definition) is 4. The van der Waals surface area contributed by atoms with Crippen LogP contribution in [0.2, 0.25) is 0 Å². The Morgan fingerprint density at radius 1 is 1.19 bits per heavy atom. The predicted molar refractivity (Wildman–Crippen MR) is 85.7 cm³/mol. The number of aliphatic hydroxyl groups is 1. The maximum Gasteiger partial charge on any atom is 0.140 e. The highest BCUT2D eigenvalue weighted by Gasteiger charge is 2.12. The standard InChI is InChI=1S/C16H18N4O/c1-19(2)12-4-3-5-13(9-12)20-15-7-6-11(17)8-14(15)18-16(20)10-21/h3-9,21H,10,17H2,1-2H3. The lowest BCUT2D eigenvalue weighted by Crippen LogP contribution is -2.09. The Morgan fingerprint density at radius 3 is 2.71 bits per heavy atom. The van der Waals surface area contributed by atoms with Crippen molar-refractivity contribution in [3.05, 3.63) is 48.3 Å². The van der Waals surface area contributed by atoms with Gasteiger partial charge in [-0.2, -0.15) is 0 Å². The number of benzene rings is 2. The molecule has 0 fully saturated rings. The van der Waals surface area contributed by atoms with Gasteiger partial charge in [0.2, 0.25) is 0 Å². The summed E-state index contributed by atoms with van der Waals surface area (Å²) in [4.78, 5) is 6.50. The predicted octanol–water partition coefficient (Wildman–Crippen LogP) is 2.17. The van der Waals surface area contributed by atoms with Crippen LogP contribution in [0.25, 0.3) is 16.7 Å². The van der Waals surface area contributed by atoms with E-state index in [1.165, 1.54) is 0 Å². The van der Waals surface area contributed by atoms with Gasteiger partial charge in [0.05, 0.1) is 11.0 Å². The van der Waals surface area contributed by atoms with Crippen LogP contribution >= 0.6 is 0 Å². The van der Waals surface area contributed by atoms with Gasteiger partial charge in [0, 0.05) is 31.2 Å². The molecule has 0 saturated heterocycles. The highest BCUT2D eigenvalue weighted by atomic mass is 16.3. The number of aromatic nitrogens is 2. The third-order valence-corrected chi connectivity index (χ3v) is 3.49. The Morgan fingerprint density at radius 2 is 2.00 bits per heavy atom. The molecule has 0 saturated carbocycles. The highest BCUT2D eigenvalue weighted by Crippen LogP contribution is 2.25. The number of nitrogen functional groups attached to an aromatic ring is 1. The van der Waals surface area contributed by atoms with E-state index in [1.807, 2.05) is 60.0 Å². The molecule has 0 aliphatic rings. The molecule has 5 heteroatoms. The van der Waals surface area contributed by atoms with Crippen LogP contribution in [0.3, 0.4) is 0 Å². The molecule has 0 radical (unpaired) electrons. The van der Waals surface area contributed by atoms with E-state index in [0.29, 0.717) is 11.5 Å². The van der Waals surface area contributed by atoms with Crippen LogP contribution in [0.1, 0.15) is 5.82 Å². The zero-order valence-electron chi connectivity index (χ0n) is 12.1. The molecule has 2 aromatic carbocycles. The largest absolute Gasteiger partial charge is 0.399 e. The van der Waals surface area contributed by atoms with Crippen LogP contribution in [0.5, 0.6) is 0 Å². The Labute approximate surface area is 123 Å². The first-order chi connectivity index (χ1) is 10.1. The molecule has 0 aliphatic heterocycles. The smallest absolute Gasteiger partial charge is 0.140 e. The zero-order chi connectivity index (χ0) is 15.0. The Hall–Kier alpha value is -2.53. The minimum absolute atomic E-state index is 0.124. The van der Waals surface area contributed by atoms with Gasteiger partial charge >= 0.3 is 0 Å². The molecular weight excluding hydrogens is 264 g/mol. The molecule has 3 N–H and O–H groups in total. The van der Waals surface area contributed by atoms with Crippen LogP contribution in [-0.2, 0) is 6.61 Å². The summed E-state index contributed by atoms with van der Waals surface area (Å²) in [5, 5.41) is 9.60. The molecule has 1 heterocycles. The molecule has 0 aliphatic carbocycles. The van der Waals surface area contributed by atoms with E-state index >= 15 is 0 Å². The molecule has 108 valence electrons. The average molecular weight is 282 g/mol. The summed E-state index contributed by atoms with van der Waals surface area (Å²) in [5.41, 5.74) is 10.3. The summed E-state index contributed by atoms with van der Waals surface area (Å²) in [6, 6.07) is 13.7. The first-order valence-corrected chi connectivity index (χ1v) is 6.75. The Kier molecular flexibility index (Phi) is 3.27. The first-order valence-electron chi connectivity index (χ1n) is 6.75. The lowest BCUT2D eigenvalue weighted by atomic mass is 10.2. The topological polar surface area (TPSA) is 67.3 Å². The average Bonchev–Trinajstić information content (AvgIpc) is 2.84. The van der Waals surface area contributed by atoms with Crippen molar-refractivity contribution in [2.45, 2.75) is 6.61 Å². The third kappa shape index (κ3) is 2.32. The molecule has 0 unspecified atom stereocenters. The van der Waals surface area contributed by atoms with Gasteiger partial charge in [0.25, 0.3) is 0 Å². The van der Waals surface area contributed by atoms with Crippen molar-refractivity contribution in [2.75, 3.05) is 24.7 Å². The first kappa shape index (κ1) is 13.5. The van der Waals surface area contributed by atoms with Crippen molar-refractivity contribution >= 4 is 22.4 Å². The number of nitrogens with two attached hydrogens (primary N) is 1. The Balaban J connectivity index is 2.25. The summed E-state index contributed by atoms with van der Waals surface area (Å²) >= 11 is 0. The normalized spacial score (nSPS) is 11.0. The van der Waals surface area contributed by atoms with E-state index in [9.17, 15) is 5.11 Å². The van der Waals surface area contributed by atoms with Crippen molar-refractivity contribution in [3.63, 3.8) is 0 Å². The summed E-state index contributed by atoms with van der Waals surface area (Å²) in [6.07, 6.45) is 0. The van der Waals surface area contributed by atoms with E-state index < -0.39 is 0 Å². The number of hydrogen-bond donors (Lipinski definition) is 2. The zero-order valence-corrected chi connectivity index (χ0v) is 12.1. The van der Waals surface area contributed by atoms with Gasteiger partial charge in [-0.1, -0.05) is 6.07 Å². The van der Waals surface area contributed by atoms with Gasteiger partial charge in [-0.3, -0.25) is 4.57 Å². The van der Waals surface area contributed by atoms with Crippen molar-refractivity contribution in [1.29, 1.82) is 0 Å². The Bertz CT molecular complexity index is 792. The fraction of sp³-hybridized carbons (Fsp3) is 0.188. The van der Waals surface area contributed by atoms with Crippen molar-refractivity contribution in [2.24, 2.45) is 0 Å². The monoisotopic (exact) mass is 282 g/mol. The minimum atomic E-state index is -0.124. The number of fused-ring (bicyclic) bond motifs is 1. The van der Waals surface area contributed by atoms with Crippen LogP contribution in [0, 0.1) is 0 Å². The number of imidazole rings is 1. The molecule has 1 aromatic heterocycles. The van der Waals surface area contributed by atoms with Crippen molar-refractivity contribution in [1.82, 2.24) is 9.55 Å². The molecule has 3 aromatic rings. The quantitative estimate of drug-likeness (QED) is 0.722. The summed E-state index contributed by atoms with van der Waals surface area (Å²) in [5.74, 6) is 0.603. The lowest BCUT2D eigenvalue weighted by Gasteiger charge is -2.15. The van der Waals surface area contributed by atoms with Crippen LogP contribution in [-0.4, -0.2) is 28.8 Å². The lowest BCUT2D eigenvalue weighted by molar-refractivity contribution is 0.270. The van der Waals surface area contributed by atoms with Gasteiger partial charge < -0.3 is 15.7 Å². The third-order valence-electron chi connectivity index (χ3n) is 3.49. The minimum Gasteiger partial charge on any atom is -0.399 e. The van der Waals surface area contributed by atoms with Gasteiger partial charge in [-0.05, 0) is 36.4 Å². The summed E-state index contributed by atoms with van der Waals surface area (Å²) < 4.78 is 1.96. The number of anilines is 2. The molecule has 21 heavy (non-hydrogen) atoms. The van der Waals surface area contributed by atoms with Gasteiger partial charge in [0.15, 0.2) is 0 Å². The van der Waals surface area contributed by atoms with Crippen molar-refractivity contribution in [3.8, 4) is 5.69 Å². The fourth-order valence-electron chi connectivity index (χ4n) is 2.45. The highest BCUT2D eigenvalue weighted by molar-refractivity contribution is 5.81. The maximum atomic E-state index is 9.60. The molecule has 5 nitrogen and oxygen atoms in total. The maximum absolute atomic E-state index is 9.60. The second-order valence-electron chi connectivity index (χ2n) is 5.18. The summed E-state index contributed by atoms with van der Waals surface area (Å²) in [6.45, 7) is -0.124. The van der Waals surface area contributed by atoms with Gasteiger partial charge in [-0.15, -0.1) is 0 Å². The van der Waals surface area contributed by atoms with Gasteiger partial charge in [-0.25, -0.2) is 4.98 Å². The fourth-order valence-corrected chi connectivity index (χ4v) is 2.45. The molecule has 0 spiro atoms. The second kappa shape index (κ2) is 5.10. The summed E-state index contributed by atoms with van der Waals surface area (Å²) in [7, 11) is 4.00. The van der Waals surface area contributed by atoms with E-state index in [-0.39, 0.29) is 6.61 Å². The number of aliphatic hydroxyl groups excluding tert-OH is 1. The van der Waals surface area contributed by atoms with Crippen LogP contribution in [0.4, 0.5) is 11.4 Å². The van der Waals surface area contributed by atoms with E-state index in [1.54, 1.807) is 0 Å². The molecule has 0 bridgehead atoms. The number of nitrogens with zero attached hydrogens (tertiary/aromatic N) is 3. The molecule has 0 atom stereocenters. The SMILES string of the molecule is CN(C)c1cccc(-n2c(CO)nc3cc(N)ccc32)c1. The van der Waals surface area contributed by atoms with Gasteiger partial charge in [0.1, 0.15) is 12.4 Å². The number of rotatable bonds is 3. The van der Waals surface area contributed by atoms with E-state index in [0.717, 1.165) is 22.4 Å². The second-order valence-corrected chi connectivity index (χ2v) is 5.18. The molecule has 0 amide bonds.